The van der Waals surface area contributed by atoms with Crippen LogP contribution < -0.4 is 10.6 Å². The predicted octanol–water partition coefficient (Wildman–Crippen LogP) is 3.56. The van der Waals surface area contributed by atoms with Gasteiger partial charge in [0.25, 0.3) is 0 Å². The summed E-state index contributed by atoms with van der Waals surface area (Å²) >= 11 is 1.62. The maximum atomic E-state index is 6.00. The predicted molar refractivity (Wildman–Crippen MR) is 90.4 cm³/mol. The Balaban J connectivity index is 1.71. The summed E-state index contributed by atoms with van der Waals surface area (Å²) in [5.74, 6) is 7.68. The number of nitrogens with two attached hydrogens (primary N) is 1. The van der Waals surface area contributed by atoms with Gasteiger partial charge in [0.2, 0.25) is 0 Å². The van der Waals surface area contributed by atoms with Crippen LogP contribution in [-0.4, -0.2) is 16.8 Å². The Morgan fingerprint density at radius 2 is 1.82 bits per heavy atom. The van der Waals surface area contributed by atoms with Crippen molar-refractivity contribution in [1.29, 1.82) is 0 Å². The third kappa shape index (κ3) is 3.26. The van der Waals surface area contributed by atoms with Gasteiger partial charge < -0.3 is 10.6 Å². The summed E-state index contributed by atoms with van der Waals surface area (Å²) in [5.41, 5.74) is 3.16. The van der Waals surface area contributed by atoms with E-state index in [9.17, 15) is 0 Å². The average molecular weight is 311 g/mol. The maximum Gasteiger partial charge on any atom is 0.187 e. The molecule has 112 valence electrons. The molecule has 0 atom stereocenters. The fourth-order valence-corrected chi connectivity index (χ4v) is 2.95. The largest absolute Gasteiger partial charge is 0.497 e. The molecule has 0 bridgehead atoms. The van der Waals surface area contributed by atoms with Crippen LogP contribution >= 0.6 is 11.8 Å². The van der Waals surface area contributed by atoms with Crippen LogP contribution in [-0.2, 0) is 5.75 Å². The molecule has 0 spiro atoms. The summed E-state index contributed by atoms with van der Waals surface area (Å²) in [5, 5.41) is 0.801. The Hall–Kier alpha value is -2.40. The van der Waals surface area contributed by atoms with Gasteiger partial charge in [-0.15, -0.1) is 0 Å². The number of ether oxygens (including phenoxy) is 1. The van der Waals surface area contributed by atoms with Crippen molar-refractivity contribution in [3.63, 3.8) is 0 Å². The molecule has 3 rings (SSSR count). The summed E-state index contributed by atoms with van der Waals surface area (Å²) in [6.45, 7) is 0. The molecule has 0 aliphatic rings. The zero-order valence-corrected chi connectivity index (χ0v) is 13.1. The van der Waals surface area contributed by atoms with E-state index in [1.807, 2.05) is 60.8 Å². The molecule has 0 aliphatic carbocycles. The molecular formula is C17H17N3OS. The molecule has 0 aliphatic heterocycles. The topological polar surface area (TPSA) is 53.1 Å². The first-order chi connectivity index (χ1) is 10.8. The van der Waals surface area contributed by atoms with E-state index >= 15 is 0 Å². The van der Waals surface area contributed by atoms with Gasteiger partial charge in [-0.05, 0) is 17.7 Å². The van der Waals surface area contributed by atoms with Crippen LogP contribution in [0.15, 0.2) is 66.0 Å². The van der Waals surface area contributed by atoms with Gasteiger partial charge in [0.1, 0.15) is 5.75 Å². The van der Waals surface area contributed by atoms with E-state index in [4.69, 9.17) is 10.6 Å². The molecule has 0 fully saturated rings. The second kappa shape index (κ2) is 6.58. The van der Waals surface area contributed by atoms with Crippen molar-refractivity contribution < 1.29 is 4.74 Å². The number of nitrogen functional groups attached to an aromatic ring is 1. The monoisotopic (exact) mass is 311 g/mol. The highest BCUT2D eigenvalue weighted by Crippen LogP contribution is 2.25. The highest BCUT2D eigenvalue weighted by molar-refractivity contribution is 7.98. The van der Waals surface area contributed by atoms with Crippen molar-refractivity contribution in [3.8, 4) is 17.0 Å². The van der Waals surface area contributed by atoms with Crippen molar-refractivity contribution in [2.45, 2.75) is 10.9 Å². The van der Waals surface area contributed by atoms with Gasteiger partial charge in [-0.3, -0.25) is 0 Å². The molecular weight excluding hydrogens is 294 g/mol. The second-order valence-corrected chi connectivity index (χ2v) is 5.76. The summed E-state index contributed by atoms with van der Waals surface area (Å²) in [4.78, 5) is 4.61. The first-order valence-electron chi connectivity index (χ1n) is 6.92. The third-order valence-electron chi connectivity index (χ3n) is 3.29. The van der Waals surface area contributed by atoms with Crippen molar-refractivity contribution in [2.75, 3.05) is 13.0 Å². The molecule has 1 aromatic heterocycles. The normalized spacial score (nSPS) is 10.6. The van der Waals surface area contributed by atoms with E-state index in [0.717, 1.165) is 27.9 Å². The molecule has 1 heterocycles. The van der Waals surface area contributed by atoms with Gasteiger partial charge in [0, 0.05) is 11.3 Å². The summed E-state index contributed by atoms with van der Waals surface area (Å²) < 4.78 is 6.74. The average Bonchev–Trinajstić information content (AvgIpc) is 2.95. The standard InChI is InChI=1S/C17H17N3OS/c1-21-15-9-7-13(8-10-15)12-22-17-19-16(11-20(17)18)14-5-3-2-4-6-14/h2-11H,12,18H2,1H3. The second-order valence-electron chi connectivity index (χ2n) is 4.82. The number of aromatic nitrogens is 2. The highest BCUT2D eigenvalue weighted by atomic mass is 32.2. The summed E-state index contributed by atoms with van der Waals surface area (Å²) in [6.07, 6.45) is 1.85. The number of hydrogen-bond acceptors (Lipinski definition) is 4. The van der Waals surface area contributed by atoms with E-state index in [-0.39, 0.29) is 0 Å². The molecule has 2 N–H and O–H groups in total. The van der Waals surface area contributed by atoms with Crippen LogP contribution in [0, 0.1) is 0 Å². The molecule has 2 aromatic carbocycles. The number of nitrogens with zero attached hydrogens (tertiary/aromatic N) is 2. The molecule has 5 heteroatoms. The number of methoxy groups -OCH3 is 1. The Bertz CT molecular complexity index is 738. The molecule has 0 amide bonds. The van der Waals surface area contributed by atoms with E-state index < -0.39 is 0 Å². The molecule has 3 aromatic rings. The van der Waals surface area contributed by atoms with E-state index in [1.165, 1.54) is 5.56 Å². The molecule has 22 heavy (non-hydrogen) atoms. The lowest BCUT2D eigenvalue weighted by molar-refractivity contribution is 0.414. The lowest BCUT2D eigenvalue weighted by atomic mass is 10.2. The van der Waals surface area contributed by atoms with Crippen molar-refractivity contribution in [1.82, 2.24) is 9.66 Å². The quantitative estimate of drug-likeness (QED) is 0.578. The van der Waals surface area contributed by atoms with Crippen LogP contribution in [0.25, 0.3) is 11.3 Å². The van der Waals surface area contributed by atoms with E-state index in [2.05, 4.69) is 4.98 Å². The molecule has 0 radical (unpaired) electrons. The minimum absolute atomic E-state index is 0.801. The Morgan fingerprint density at radius 1 is 1.09 bits per heavy atom. The Morgan fingerprint density at radius 3 is 2.50 bits per heavy atom. The van der Waals surface area contributed by atoms with Crippen molar-refractivity contribution in [2.24, 2.45) is 0 Å². The Kier molecular flexibility index (Phi) is 4.34. The fourth-order valence-electron chi connectivity index (χ4n) is 2.10. The smallest absolute Gasteiger partial charge is 0.187 e. The van der Waals surface area contributed by atoms with Gasteiger partial charge in [-0.25, -0.2) is 9.66 Å². The minimum Gasteiger partial charge on any atom is -0.497 e. The lowest BCUT2D eigenvalue weighted by Gasteiger charge is -2.03. The van der Waals surface area contributed by atoms with Gasteiger partial charge >= 0.3 is 0 Å². The van der Waals surface area contributed by atoms with Crippen LogP contribution in [0.4, 0.5) is 0 Å². The molecule has 0 unspecified atom stereocenters. The first kappa shape index (κ1) is 14.5. The zero-order chi connectivity index (χ0) is 15.4. The number of rotatable bonds is 5. The van der Waals surface area contributed by atoms with Gasteiger partial charge in [0.05, 0.1) is 19.0 Å². The number of imidazole rings is 1. The molecule has 4 nitrogen and oxygen atoms in total. The third-order valence-corrected chi connectivity index (χ3v) is 4.33. The molecule has 0 saturated heterocycles. The van der Waals surface area contributed by atoms with Crippen molar-refractivity contribution >= 4 is 11.8 Å². The van der Waals surface area contributed by atoms with Crippen LogP contribution in [0.5, 0.6) is 5.75 Å². The SMILES string of the molecule is COc1ccc(CSc2nc(-c3ccccc3)cn2N)cc1. The van der Waals surface area contributed by atoms with E-state index in [0.29, 0.717) is 0 Å². The van der Waals surface area contributed by atoms with Crippen molar-refractivity contribution in [3.05, 3.63) is 66.4 Å². The van der Waals surface area contributed by atoms with Gasteiger partial charge in [0.15, 0.2) is 5.16 Å². The first-order valence-corrected chi connectivity index (χ1v) is 7.90. The van der Waals surface area contributed by atoms with Gasteiger partial charge in [-0.1, -0.05) is 54.2 Å². The van der Waals surface area contributed by atoms with Gasteiger partial charge in [-0.2, -0.15) is 0 Å². The molecule has 0 saturated carbocycles. The fraction of sp³-hybridized carbons (Fsp3) is 0.118. The van der Waals surface area contributed by atoms with E-state index in [1.54, 1.807) is 23.5 Å². The summed E-state index contributed by atoms with van der Waals surface area (Å²) in [7, 11) is 1.67. The zero-order valence-electron chi connectivity index (χ0n) is 12.3. The van der Waals surface area contributed by atoms with Crippen LogP contribution in [0.3, 0.4) is 0 Å². The summed E-state index contributed by atoms with van der Waals surface area (Å²) in [6, 6.07) is 18.1. The minimum atomic E-state index is 0.801. The number of thioether (sulfide) groups is 1. The number of benzene rings is 2. The number of hydrogen-bond donors (Lipinski definition) is 1. The van der Waals surface area contributed by atoms with Crippen LogP contribution in [0.1, 0.15) is 5.56 Å². The van der Waals surface area contributed by atoms with Crippen LogP contribution in [0.2, 0.25) is 0 Å². The maximum absolute atomic E-state index is 6.00. The highest BCUT2D eigenvalue weighted by Gasteiger charge is 2.08. The Labute approximate surface area is 133 Å². The lowest BCUT2D eigenvalue weighted by Crippen LogP contribution is -2.07.